The van der Waals surface area contributed by atoms with Crippen LogP contribution in [0.15, 0.2) is 0 Å². The molecule has 2 N–H and O–H groups in total. The number of hydrogen-bond acceptors (Lipinski definition) is 2. The minimum absolute atomic E-state index is 0.356. The van der Waals surface area contributed by atoms with Crippen LogP contribution in [0.5, 0.6) is 0 Å². The van der Waals surface area contributed by atoms with Gasteiger partial charge in [0.15, 0.2) is 0 Å². The lowest BCUT2D eigenvalue weighted by atomic mass is 10.1. The van der Waals surface area contributed by atoms with Gasteiger partial charge in [-0.1, -0.05) is 76.4 Å². The molecule has 0 unspecified atom stereocenters. The maximum absolute atomic E-state index is 8.66. The van der Waals surface area contributed by atoms with E-state index >= 15 is 0 Å². The van der Waals surface area contributed by atoms with E-state index in [9.17, 15) is 0 Å². The molecule has 0 aliphatic carbocycles. The van der Waals surface area contributed by atoms with Gasteiger partial charge >= 0.3 is 0 Å². The topological polar surface area (TPSA) is 32.3 Å². The quantitative estimate of drug-likeness (QED) is 0.252. The van der Waals surface area contributed by atoms with Crippen LogP contribution in [0.25, 0.3) is 0 Å². The smallest absolute Gasteiger partial charge is 0.130 e. The molecular formula is C15H31NOS2. The third-order valence-electron chi connectivity index (χ3n) is 3.36. The van der Waals surface area contributed by atoms with Gasteiger partial charge in [-0.15, -0.1) is 12.6 Å². The van der Waals surface area contributed by atoms with Gasteiger partial charge in [0, 0.05) is 13.2 Å². The van der Waals surface area contributed by atoms with Crippen LogP contribution in [0.4, 0.5) is 0 Å². The molecule has 0 bridgehead atoms. The molecule has 0 rings (SSSR count). The molecule has 0 saturated heterocycles. The number of rotatable bonds is 14. The van der Waals surface area contributed by atoms with Crippen molar-refractivity contribution < 1.29 is 5.11 Å². The standard InChI is InChI=1S/C15H31NOS2/c17-14-12-10-8-6-4-2-1-3-5-7-9-11-13-16-15(18)19/h17H,1-14H2,(H2,16,18,19). The monoisotopic (exact) mass is 305 g/mol. The second-order valence-corrected chi connectivity index (χ2v) is 6.36. The van der Waals surface area contributed by atoms with Crippen molar-refractivity contribution in [3.05, 3.63) is 0 Å². The molecular weight excluding hydrogens is 274 g/mol. The van der Waals surface area contributed by atoms with Crippen molar-refractivity contribution in [3.63, 3.8) is 0 Å². The van der Waals surface area contributed by atoms with E-state index in [-0.39, 0.29) is 0 Å². The Kier molecular flexibility index (Phi) is 16.4. The number of thiocarbonyl (C=S) groups is 1. The SMILES string of the molecule is OCCCCCCCCCCCCCCNC(=S)S. The van der Waals surface area contributed by atoms with Gasteiger partial charge in [0.25, 0.3) is 0 Å². The zero-order valence-electron chi connectivity index (χ0n) is 12.2. The average Bonchev–Trinajstić information content (AvgIpc) is 2.39. The van der Waals surface area contributed by atoms with Crippen molar-refractivity contribution in [2.24, 2.45) is 0 Å². The summed E-state index contributed by atoms with van der Waals surface area (Å²) in [6.07, 6.45) is 15.5. The van der Waals surface area contributed by atoms with Gasteiger partial charge in [0.2, 0.25) is 0 Å². The third-order valence-corrected chi connectivity index (χ3v) is 3.66. The molecule has 0 aliphatic rings. The maximum atomic E-state index is 8.66. The number of hydrogen-bond donors (Lipinski definition) is 3. The highest BCUT2D eigenvalue weighted by molar-refractivity contribution is 8.11. The van der Waals surface area contributed by atoms with E-state index in [1.807, 2.05) is 0 Å². The maximum Gasteiger partial charge on any atom is 0.130 e. The largest absolute Gasteiger partial charge is 0.396 e. The van der Waals surface area contributed by atoms with E-state index < -0.39 is 0 Å². The lowest BCUT2D eigenvalue weighted by molar-refractivity contribution is 0.282. The Morgan fingerprint density at radius 1 is 0.737 bits per heavy atom. The zero-order valence-corrected chi connectivity index (χ0v) is 13.9. The molecule has 0 heterocycles. The van der Waals surface area contributed by atoms with E-state index in [2.05, 4.69) is 17.9 Å². The summed E-state index contributed by atoms with van der Waals surface area (Å²) in [7, 11) is 0. The normalized spacial score (nSPS) is 10.6. The Labute approximate surface area is 130 Å². The van der Waals surface area contributed by atoms with Crippen LogP contribution >= 0.6 is 24.8 Å². The molecule has 114 valence electrons. The summed E-state index contributed by atoms with van der Waals surface area (Å²) in [5.74, 6) is 0. The van der Waals surface area contributed by atoms with Gasteiger partial charge in [-0.2, -0.15) is 0 Å². The van der Waals surface area contributed by atoms with Crippen LogP contribution in [-0.4, -0.2) is 22.6 Å². The van der Waals surface area contributed by atoms with Gasteiger partial charge < -0.3 is 10.4 Å². The van der Waals surface area contributed by atoms with E-state index in [1.165, 1.54) is 70.6 Å². The molecule has 0 aromatic carbocycles. The van der Waals surface area contributed by atoms with Gasteiger partial charge in [-0.05, 0) is 12.8 Å². The van der Waals surface area contributed by atoms with Crippen LogP contribution in [0.2, 0.25) is 0 Å². The molecule has 0 spiro atoms. The number of thiol groups is 1. The van der Waals surface area contributed by atoms with Crippen LogP contribution in [0.3, 0.4) is 0 Å². The predicted molar refractivity (Wildman–Crippen MR) is 92.1 cm³/mol. The summed E-state index contributed by atoms with van der Waals surface area (Å²) in [5.41, 5.74) is 0. The second-order valence-electron chi connectivity index (χ2n) is 5.20. The summed E-state index contributed by atoms with van der Waals surface area (Å²) < 4.78 is 0.610. The Bertz CT molecular complexity index is 201. The summed E-state index contributed by atoms with van der Waals surface area (Å²) in [4.78, 5) is 0. The highest BCUT2D eigenvalue weighted by Gasteiger charge is 1.94. The Morgan fingerprint density at radius 3 is 1.47 bits per heavy atom. The van der Waals surface area contributed by atoms with Crippen molar-refractivity contribution >= 4 is 29.2 Å². The van der Waals surface area contributed by atoms with E-state index in [0.29, 0.717) is 10.9 Å². The van der Waals surface area contributed by atoms with Gasteiger partial charge in [-0.25, -0.2) is 0 Å². The molecule has 0 amide bonds. The minimum atomic E-state index is 0.356. The molecule has 0 radical (unpaired) electrons. The van der Waals surface area contributed by atoms with Gasteiger partial charge in [0.1, 0.15) is 4.32 Å². The fourth-order valence-corrected chi connectivity index (χ4v) is 2.41. The first-order valence-corrected chi connectivity index (χ1v) is 8.70. The average molecular weight is 306 g/mol. The van der Waals surface area contributed by atoms with Crippen LogP contribution in [-0.2, 0) is 0 Å². The van der Waals surface area contributed by atoms with Crippen molar-refractivity contribution in [3.8, 4) is 0 Å². The second kappa shape index (κ2) is 16.3. The van der Waals surface area contributed by atoms with Crippen molar-refractivity contribution in [2.45, 2.75) is 77.0 Å². The fraction of sp³-hybridized carbons (Fsp3) is 0.933. The molecule has 2 nitrogen and oxygen atoms in total. The molecule has 0 fully saturated rings. The molecule has 0 aliphatic heterocycles. The van der Waals surface area contributed by atoms with Crippen molar-refractivity contribution in [1.29, 1.82) is 0 Å². The van der Waals surface area contributed by atoms with Crippen LogP contribution in [0.1, 0.15) is 77.0 Å². The van der Waals surface area contributed by atoms with E-state index in [4.69, 9.17) is 17.3 Å². The molecule has 0 aromatic rings. The highest BCUT2D eigenvalue weighted by Crippen LogP contribution is 2.11. The molecule has 4 heteroatoms. The van der Waals surface area contributed by atoms with E-state index in [0.717, 1.165) is 13.0 Å². The Hall–Kier alpha value is 0.200. The van der Waals surface area contributed by atoms with Crippen molar-refractivity contribution in [2.75, 3.05) is 13.2 Å². The molecule has 19 heavy (non-hydrogen) atoms. The molecule has 0 aromatic heterocycles. The third kappa shape index (κ3) is 18.2. The lowest BCUT2D eigenvalue weighted by Crippen LogP contribution is -2.17. The number of aliphatic hydroxyl groups excluding tert-OH is 1. The first-order chi connectivity index (χ1) is 9.27. The van der Waals surface area contributed by atoms with Crippen LogP contribution in [0, 0.1) is 0 Å². The molecule has 0 saturated carbocycles. The number of aliphatic hydroxyl groups is 1. The summed E-state index contributed by atoms with van der Waals surface area (Å²) in [6.45, 7) is 1.32. The van der Waals surface area contributed by atoms with Gasteiger partial charge in [0.05, 0.1) is 0 Å². The zero-order chi connectivity index (χ0) is 14.2. The van der Waals surface area contributed by atoms with Gasteiger partial charge in [-0.3, -0.25) is 0 Å². The minimum Gasteiger partial charge on any atom is -0.396 e. The summed E-state index contributed by atoms with van der Waals surface area (Å²) in [5, 5.41) is 11.7. The number of unbranched alkanes of at least 4 members (excludes halogenated alkanes) is 11. The first kappa shape index (κ1) is 19.2. The lowest BCUT2D eigenvalue weighted by Gasteiger charge is -2.04. The highest BCUT2D eigenvalue weighted by atomic mass is 32.1. The molecule has 0 atom stereocenters. The van der Waals surface area contributed by atoms with E-state index in [1.54, 1.807) is 0 Å². The predicted octanol–water partition coefficient (Wildman–Crippen LogP) is 4.46. The fourth-order valence-electron chi connectivity index (χ4n) is 2.20. The van der Waals surface area contributed by atoms with Crippen molar-refractivity contribution in [1.82, 2.24) is 5.32 Å². The Morgan fingerprint density at radius 2 is 1.11 bits per heavy atom. The number of nitrogens with one attached hydrogen (secondary N) is 1. The summed E-state index contributed by atoms with van der Waals surface area (Å²) >= 11 is 8.85. The Balaban J connectivity index is 2.93. The van der Waals surface area contributed by atoms with Crippen LogP contribution < -0.4 is 5.32 Å². The summed E-state index contributed by atoms with van der Waals surface area (Å²) in [6, 6.07) is 0. The first-order valence-electron chi connectivity index (χ1n) is 7.85.